The Hall–Kier alpha value is -2.06. The van der Waals surface area contributed by atoms with E-state index in [9.17, 15) is 0 Å². The third-order valence-corrected chi connectivity index (χ3v) is 3.07. The van der Waals surface area contributed by atoms with E-state index in [1.165, 1.54) is 0 Å². The Morgan fingerprint density at radius 3 is 2.60 bits per heavy atom. The van der Waals surface area contributed by atoms with Crippen LogP contribution in [-0.2, 0) is 4.74 Å². The summed E-state index contributed by atoms with van der Waals surface area (Å²) >= 11 is 0. The molecule has 0 saturated heterocycles. The monoisotopic (exact) mass is 453 g/mol. The number of halogens is 1. The van der Waals surface area contributed by atoms with Crippen LogP contribution in [0, 0.1) is 0 Å². The number of nitrogens with two attached hydrogens (primary N) is 1. The van der Waals surface area contributed by atoms with Gasteiger partial charge in [0.1, 0.15) is 11.5 Å². The van der Waals surface area contributed by atoms with E-state index in [1.54, 1.807) is 0 Å². The summed E-state index contributed by atoms with van der Waals surface area (Å²) in [6.45, 7) is 5.34. The summed E-state index contributed by atoms with van der Waals surface area (Å²) in [6, 6.07) is 17.2. The molecule has 25 heavy (non-hydrogen) atoms. The van der Waals surface area contributed by atoms with Gasteiger partial charge in [-0.05, 0) is 30.7 Å². The minimum atomic E-state index is 0. The van der Waals surface area contributed by atoms with Crippen LogP contribution in [0.15, 0.2) is 72.2 Å². The van der Waals surface area contributed by atoms with Crippen LogP contribution in [0.3, 0.4) is 0 Å². The zero-order valence-electron chi connectivity index (χ0n) is 14.1. The number of guanidine groups is 1. The molecule has 0 saturated carbocycles. The molecule has 134 valence electrons. The number of anilines is 1. The Labute approximate surface area is 166 Å². The fourth-order valence-electron chi connectivity index (χ4n) is 1.95. The Bertz CT molecular complexity index is 663. The first-order valence-electron chi connectivity index (χ1n) is 7.86. The number of nitrogens with zero attached hydrogens (tertiary/aromatic N) is 1. The van der Waals surface area contributed by atoms with Crippen LogP contribution >= 0.6 is 24.0 Å². The third-order valence-electron chi connectivity index (χ3n) is 3.07. The lowest BCUT2D eigenvalue weighted by molar-refractivity contribution is 0.146. The summed E-state index contributed by atoms with van der Waals surface area (Å²) in [5.41, 5.74) is 6.69. The fraction of sp³-hybridized carbons (Fsp3) is 0.211. The van der Waals surface area contributed by atoms with Crippen molar-refractivity contribution >= 4 is 35.6 Å². The van der Waals surface area contributed by atoms with Crippen LogP contribution in [0.5, 0.6) is 11.5 Å². The molecule has 2 aromatic rings. The van der Waals surface area contributed by atoms with Crippen molar-refractivity contribution in [2.75, 3.05) is 25.1 Å². The van der Waals surface area contributed by atoms with Gasteiger partial charge in [0, 0.05) is 11.8 Å². The van der Waals surface area contributed by atoms with Crippen molar-refractivity contribution in [1.82, 2.24) is 0 Å². The number of benzene rings is 2. The number of rotatable bonds is 9. The van der Waals surface area contributed by atoms with E-state index >= 15 is 0 Å². The van der Waals surface area contributed by atoms with E-state index in [2.05, 4.69) is 16.9 Å². The lowest BCUT2D eigenvalue weighted by atomic mass is 10.3. The molecule has 2 aromatic carbocycles. The van der Waals surface area contributed by atoms with Crippen LogP contribution in [0.4, 0.5) is 5.69 Å². The topological polar surface area (TPSA) is 68.9 Å². The number of hydrogen-bond acceptors (Lipinski definition) is 3. The molecule has 3 N–H and O–H groups in total. The van der Waals surface area contributed by atoms with Crippen LogP contribution in [-0.4, -0.2) is 25.7 Å². The number of ether oxygens (including phenoxy) is 2. The van der Waals surface area contributed by atoms with Gasteiger partial charge in [-0.1, -0.05) is 30.3 Å². The zero-order chi connectivity index (χ0) is 17.0. The highest BCUT2D eigenvalue weighted by Crippen LogP contribution is 2.23. The van der Waals surface area contributed by atoms with E-state index in [0.29, 0.717) is 25.7 Å². The number of aliphatic imine (C=N–C) groups is 1. The van der Waals surface area contributed by atoms with Crippen LogP contribution in [0.25, 0.3) is 0 Å². The Morgan fingerprint density at radius 1 is 1.08 bits per heavy atom. The van der Waals surface area contributed by atoms with Crippen molar-refractivity contribution in [3.8, 4) is 11.5 Å². The minimum absolute atomic E-state index is 0. The van der Waals surface area contributed by atoms with Gasteiger partial charge < -0.3 is 20.5 Å². The van der Waals surface area contributed by atoms with Gasteiger partial charge in [-0.15, -0.1) is 30.6 Å². The van der Waals surface area contributed by atoms with Crippen molar-refractivity contribution in [3.63, 3.8) is 0 Å². The molecule has 0 aliphatic carbocycles. The molecule has 0 aliphatic heterocycles. The standard InChI is InChI=1S/C19H23N3O2.HI/c1-2-3-13-23-14-12-21-19(20)22-16-8-7-11-18(15-16)24-17-9-5-4-6-10-17;/h2,4-11,15H,1,3,12-14H2,(H3,20,21,22);1H. The lowest BCUT2D eigenvalue weighted by Crippen LogP contribution is -2.23. The van der Waals surface area contributed by atoms with E-state index < -0.39 is 0 Å². The molecule has 0 spiro atoms. The summed E-state index contributed by atoms with van der Waals surface area (Å²) in [6.07, 6.45) is 2.66. The highest BCUT2D eigenvalue weighted by molar-refractivity contribution is 14.0. The van der Waals surface area contributed by atoms with Crippen molar-refractivity contribution < 1.29 is 9.47 Å². The molecular formula is C19H24IN3O2. The SMILES string of the molecule is C=CCCOCCN=C(N)Nc1cccc(Oc2ccccc2)c1.I. The molecule has 0 radical (unpaired) electrons. The molecule has 0 atom stereocenters. The van der Waals surface area contributed by atoms with Crippen molar-refractivity contribution in [2.24, 2.45) is 10.7 Å². The molecule has 2 rings (SSSR count). The molecule has 0 bridgehead atoms. The maximum Gasteiger partial charge on any atom is 0.193 e. The van der Waals surface area contributed by atoms with Gasteiger partial charge in [0.15, 0.2) is 5.96 Å². The molecule has 5 nitrogen and oxygen atoms in total. The maximum atomic E-state index is 5.88. The molecule has 6 heteroatoms. The predicted octanol–water partition coefficient (Wildman–Crippen LogP) is 4.42. The Kier molecular flexibility index (Phi) is 10.3. The molecule has 0 aliphatic rings. The first kappa shape index (κ1) is 21.0. The molecule has 0 fully saturated rings. The van der Waals surface area contributed by atoms with Crippen molar-refractivity contribution in [3.05, 3.63) is 67.3 Å². The summed E-state index contributed by atoms with van der Waals surface area (Å²) in [7, 11) is 0. The van der Waals surface area contributed by atoms with E-state index in [-0.39, 0.29) is 24.0 Å². The Morgan fingerprint density at radius 2 is 1.84 bits per heavy atom. The van der Waals surface area contributed by atoms with Crippen molar-refractivity contribution in [1.29, 1.82) is 0 Å². The predicted molar refractivity (Wildman–Crippen MR) is 114 cm³/mol. The van der Waals surface area contributed by atoms with Gasteiger partial charge in [-0.25, -0.2) is 0 Å². The average Bonchev–Trinajstić information content (AvgIpc) is 2.59. The zero-order valence-corrected chi connectivity index (χ0v) is 16.4. The van der Waals surface area contributed by atoms with Gasteiger partial charge in [0.2, 0.25) is 0 Å². The molecule has 0 heterocycles. The van der Waals surface area contributed by atoms with E-state index in [0.717, 1.165) is 23.6 Å². The van der Waals surface area contributed by atoms with E-state index in [1.807, 2.05) is 60.7 Å². The average molecular weight is 453 g/mol. The second kappa shape index (κ2) is 12.3. The molecule has 0 aromatic heterocycles. The summed E-state index contributed by atoms with van der Waals surface area (Å²) in [5.74, 6) is 1.86. The normalized spacial score (nSPS) is 10.6. The summed E-state index contributed by atoms with van der Waals surface area (Å²) in [4.78, 5) is 4.22. The van der Waals surface area contributed by atoms with Gasteiger partial charge in [-0.3, -0.25) is 4.99 Å². The smallest absolute Gasteiger partial charge is 0.193 e. The maximum absolute atomic E-state index is 5.88. The lowest BCUT2D eigenvalue weighted by Gasteiger charge is -2.09. The van der Waals surface area contributed by atoms with Crippen LogP contribution in [0.1, 0.15) is 6.42 Å². The highest BCUT2D eigenvalue weighted by Gasteiger charge is 2.00. The van der Waals surface area contributed by atoms with E-state index in [4.69, 9.17) is 15.2 Å². The fourth-order valence-corrected chi connectivity index (χ4v) is 1.95. The van der Waals surface area contributed by atoms with Crippen LogP contribution < -0.4 is 15.8 Å². The first-order valence-corrected chi connectivity index (χ1v) is 7.86. The van der Waals surface area contributed by atoms with Gasteiger partial charge in [0.05, 0.1) is 19.8 Å². The number of hydrogen-bond donors (Lipinski definition) is 2. The van der Waals surface area contributed by atoms with Gasteiger partial charge in [-0.2, -0.15) is 0 Å². The first-order chi connectivity index (χ1) is 11.8. The Balaban J connectivity index is 0.00000312. The largest absolute Gasteiger partial charge is 0.457 e. The third kappa shape index (κ3) is 8.55. The molecular weight excluding hydrogens is 429 g/mol. The van der Waals surface area contributed by atoms with Crippen molar-refractivity contribution in [2.45, 2.75) is 6.42 Å². The molecule has 0 unspecified atom stereocenters. The highest BCUT2D eigenvalue weighted by atomic mass is 127. The quantitative estimate of drug-likeness (QED) is 0.194. The second-order valence-corrected chi connectivity index (χ2v) is 5.02. The van der Waals surface area contributed by atoms with Crippen LogP contribution in [0.2, 0.25) is 0 Å². The molecule has 0 amide bonds. The number of nitrogens with one attached hydrogen (secondary N) is 1. The summed E-state index contributed by atoms with van der Waals surface area (Å²) < 4.78 is 11.2. The number of para-hydroxylation sites is 1. The second-order valence-electron chi connectivity index (χ2n) is 5.02. The van der Waals surface area contributed by atoms with Gasteiger partial charge >= 0.3 is 0 Å². The minimum Gasteiger partial charge on any atom is -0.457 e. The van der Waals surface area contributed by atoms with Gasteiger partial charge in [0.25, 0.3) is 0 Å². The summed E-state index contributed by atoms with van der Waals surface area (Å²) in [5, 5.41) is 3.05.